The van der Waals surface area contributed by atoms with Crippen LogP contribution < -0.4 is 0 Å². The van der Waals surface area contributed by atoms with Gasteiger partial charge < -0.3 is 9.13 Å². The number of benzene rings is 1. The summed E-state index contributed by atoms with van der Waals surface area (Å²) in [6.45, 7) is 0.800. The van der Waals surface area contributed by atoms with Crippen LogP contribution in [-0.2, 0) is 6.54 Å². The van der Waals surface area contributed by atoms with Gasteiger partial charge in [0, 0.05) is 24.0 Å². The van der Waals surface area contributed by atoms with E-state index in [1.165, 1.54) is 23.9 Å². The maximum atomic E-state index is 9.03. The maximum absolute atomic E-state index is 9.03. The van der Waals surface area contributed by atoms with Gasteiger partial charge in [0.2, 0.25) is 0 Å². The molecule has 2 aromatic heterocycles. The first-order valence-corrected chi connectivity index (χ1v) is 6.85. The van der Waals surface area contributed by atoms with Crippen molar-refractivity contribution in [1.82, 2.24) is 14.1 Å². The van der Waals surface area contributed by atoms with Gasteiger partial charge in [0.1, 0.15) is 0 Å². The molecule has 20 heavy (non-hydrogen) atoms. The van der Waals surface area contributed by atoms with Gasteiger partial charge in [0.15, 0.2) is 0 Å². The van der Waals surface area contributed by atoms with Crippen LogP contribution in [0, 0.1) is 11.3 Å². The Bertz CT molecular complexity index is 814. The molecule has 0 atom stereocenters. The SMILES string of the molecule is N#Cc1ccc2ccn(Cc3cncn3C3CC3)c2c1. The molecule has 2 heterocycles. The van der Waals surface area contributed by atoms with Gasteiger partial charge in [-0.1, -0.05) is 6.07 Å². The minimum atomic E-state index is 0.643. The fourth-order valence-electron chi connectivity index (χ4n) is 2.70. The average molecular weight is 262 g/mol. The molecule has 0 unspecified atom stereocenters. The first-order chi connectivity index (χ1) is 9.85. The highest BCUT2D eigenvalue weighted by Gasteiger charge is 2.25. The minimum Gasteiger partial charge on any atom is -0.341 e. The summed E-state index contributed by atoms with van der Waals surface area (Å²) in [6, 6.07) is 10.8. The quantitative estimate of drug-likeness (QED) is 0.728. The van der Waals surface area contributed by atoms with E-state index in [-0.39, 0.29) is 0 Å². The molecule has 0 aliphatic heterocycles. The molecule has 1 aromatic carbocycles. The van der Waals surface area contributed by atoms with Crippen LogP contribution in [0.15, 0.2) is 43.0 Å². The summed E-state index contributed by atoms with van der Waals surface area (Å²) in [5, 5.41) is 10.2. The van der Waals surface area contributed by atoms with Crippen LogP contribution >= 0.6 is 0 Å². The van der Waals surface area contributed by atoms with Crippen LogP contribution in [0.3, 0.4) is 0 Å². The molecular weight excluding hydrogens is 248 g/mol. The molecule has 4 nitrogen and oxygen atoms in total. The molecule has 1 fully saturated rings. The van der Waals surface area contributed by atoms with E-state index in [2.05, 4.69) is 32.5 Å². The highest BCUT2D eigenvalue weighted by molar-refractivity contribution is 5.81. The van der Waals surface area contributed by atoms with Crippen LogP contribution in [0.1, 0.15) is 30.1 Å². The molecule has 98 valence electrons. The Morgan fingerprint density at radius 3 is 3.00 bits per heavy atom. The second-order valence-corrected chi connectivity index (χ2v) is 5.35. The smallest absolute Gasteiger partial charge is 0.0992 e. The van der Waals surface area contributed by atoms with Crippen LogP contribution in [0.4, 0.5) is 0 Å². The summed E-state index contributed by atoms with van der Waals surface area (Å²) in [7, 11) is 0. The number of nitrogens with zero attached hydrogens (tertiary/aromatic N) is 4. The van der Waals surface area contributed by atoms with Gasteiger partial charge in [0.25, 0.3) is 0 Å². The van der Waals surface area contributed by atoms with E-state index in [1.807, 2.05) is 30.7 Å². The summed E-state index contributed by atoms with van der Waals surface area (Å²) in [5.41, 5.74) is 3.04. The van der Waals surface area contributed by atoms with Gasteiger partial charge in [-0.3, -0.25) is 0 Å². The Hall–Kier alpha value is -2.54. The van der Waals surface area contributed by atoms with Crippen LogP contribution in [0.2, 0.25) is 0 Å². The highest BCUT2D eigenvalue weighted by Crippen LogP contribution is 2.35. The zero-order valence-electron chi connectivity index (χ0n) is 11.0. The molecule has 0 amide bonds. The van der Waals surface area contributed by atoms with Gasteiger partial charge in [-0.15, -0.1) is 0 Å². The lowest BCUT2D eigenvalue weighted by molar-refractivity contribution is 0.665. The fraction of sp³-hybridized carbons (Fsp3) is 0.250. The van der Waals surface area contributed by atoms with E-state index in [1.54, 1.807) is 0 Å². The third kappa shape index (κ3) is 1.79. The minimum absolute atomic E-state index is 0.643. The number of rotatable bonds is 3. The molecule has 0 saturated heterocycles. The van der Waals surface area contributed by atoms with Crippen molar-refractivity contribution in [3.05, 3.63) is 54.2 Å². The molecule has 0 bridgehead atoms. The van der Waals surface area contributed by atoms with E-state index in [4.69, 9.17) is 5.26 Å². The van der Waals surface area contributed by atoms with Gasteiger partial charge in [-0.05, 0) is 36.4 Å². The molecule has 1 saturated carbocycles. The van der Waals surface area contributed by atoms with Crippen molar-refractivity contribution in [2.75, 3.05) is 0 Å². The normalized spacial score (nSPS) is 14.6. The van der Waals surface area contributed by atoms with Crippen molar-refractivity contribution in [3.63, 3.8) is 0 Å². The number of aromatic nitrogens is 3. The number of hydrogen-bond acceptors (Lipinski definition) is 2. The summed E-state index contributed by atoms with van der Waals surface area (Å²) in [6.07, 6.45) is 8.47. The van der Waals surface area contributed by atoms with Gasteiger partial charge in [-0.25, -0.2) is 4.98 Å². The molecule has 4 heteroatoms. The maximum Gasteiger partial charge on any atom is 0.0992 e. The Morgan fingerprint density at radius 2 is 2.20 bits per heavy atom. The molecule has 1 aliphatic carbocycles. The van der Waals surface area contributed by atoms with Crippen molar-refractivity contribution < 1.29 is 0 Å². The highest BCUT2D eigenvalue weighted by atomic mass is 15.1. The summed E-state index contributed by atoms with van der Waals surface area (Å²) < 4.78 is 4.46. The first-order valence-electron chi connectivity index (χ1n) is 6.85. The largest absolute Gasteiger partial charge is 0.341 e. The van der Waals surface area contributed by atoms with Crippen molar-refractivity contribution in [2.45, 2.75) is 25.4 Å². The molecule has 0 spiro atoms. The molecule has 3 aromatic rings. The molecular formula is C16H14N4. The lowest BCUT2D eigenvalue weighted by Gasteiger charge is -2.09. The zero-order chi connectivity index (χ0) is 13.5. The second-order valence-electron chi connectivity index (χ2n) is 5.35. The van der Waals surface area contributed by atoms with Crippen LogP contribution in [0.5, 0.6) is 0 Å². The molecule has 4 rings (SSSR count). The lowest BCUT2D eigenvalue weighted by Crippen LogP contribution is -2.05. The predicted octanol–water partition coefficient (Wildman–Crippen LogP) is 3.09. The van der Waals surface area contributed by atoms with E-state index in [0.29, 0.717) is 11.6 Å². The van der Waals surface area contributed by atoms with Gasteiger partial charge in [0.05, 0.1) is 30.2 Å². The number of fused-ring (bicyclic) bond motifs is 1. The Morgan fingerprint density at radius 1 is 1.30 bits per heavy atom. The topological polar surface area (TPSA) is 46.5 Å². The van der Waals surface area contributed by atoms with Crippen LogP contribution in [-0.4, -0.2) is 14.1 Å². The van der Waals surface area contributed by atoms with E-state index in [9.17, 15) is 0 Å². The van der Waals surface area contributed by atoms with Gasteiger partial charge in [-0.2, -0.15) is 5.26 Å². The van der Waals surface area contributed by atoms with E-state index < -0.39 is 0 Å². The fourth-order valence-corrected chi connectivity index (χ4v) is 2.70. The Balaban J connectivity index is 1.75. The monoisotopic (exact) mass is 262 g/mol. The molecule has 1 aliphatic rings. The third-order valence-electron chi connectivity index (χ3n) is 3.92. The summed E-state index contributed by atoms with van der Waals surface area (Å²) in [5.74, 6) is 0. The lowest BCUT2D eigenvalue weighted by atomic mass is 10.2. The zero-order valence-corrected chi connectivity index (χ0v) is 11.0. The first kappa shape index (κ1) is 11.3. The van der Waals surface area contributed by atoms with E-state index in [0.717, 1.165) is 12.1 Å². The van der Waals surface area contributed by atoms with Crippen molar-refractivity contribution in [2.24, 2.45) is 0 Å². The average Bonchev–Trinajstić information content (AvgIpc) is 3.10. The summed E-state index contributed by atoms with van der Waals surface area (Å²) >= 11 is 0. The van der Waals surface area contributed by atoms with Crippen LogP contribution in [0.25, 0.3) is 10.9 Å². The predicted molar refractivity (Wildman–Crippen MR) is 76.3 cm³/mol. The number of imidazole rings is 1. The second kappa shape index (κ2) is 4.24. The third-order valence-corrected chi connectivity index (χ3v) is 3.92. The Labute approximate surface area is 116 Å². The summed E-state index contributed by atoms with van der Waals surface area (Å²) in [4.78, 5) is 4.27. The van der Waals surface area contributed by atoms with Crippen molar-refractivity contribution >= 4 is 10.9 Å². The van der Waals surface area contributed by atoms with Gasteiger partial charge >= 0.3 is 0 Å². The van der Waals surface area contributed by atoms with Crippen molar-refractivity contribution in [1.29, 1.82) is 5.26 Å². The number of nitriles is 1. The molecule has 0 radical (unpaired) electrons. The van der Waals surface area contributed by atoms with E-state index >= 15 is 0 Å². The Kier molecular flexibility index (Phi) is 2.40. The standard InChI is InChI=1S/C16H14N4/c17-8-12-1-2-13-5-6-19(16(13)7-12)10-15-9-18-11-20(15)14-3-4-14/h1-2,5-7,9,11,14H,3-4,10H2. The van der Waals surface area contributed by atoms with Crippen molar-refractivity contribution in [3.8, 4) is 6.07 Å². The number of hydrogen-bond donors (Lipinski definition) is 0. The molecule has 0 N–H and O–H groups in total.